The van der Waals surface area contributed by atoms with E-state index in [9.17, 15) is 4.79 Å². The highest BCUT2D eigenvalue weighted by Gasteiger charge is 2.15. The van der Waals surface area contributed by atoms with Crippen LogP contribution in [0, 0.1) is 0 Å². The Morgan fingerprint density at radius 1 is 0.875 bits per heavy atom. The average Bonchev–Trinajstić information content (AvgIpc) is 3.29. The molecule has 1 N–H and O–H groups in total. The lowest BCUT2D eigenvalue weighted by Gasteiger charge is -2.12. The third-order valence-electron chi connectivity index (χ3n) is 4.41. The summed E-state index contributed by atoms with van der Waals surface area (Å²) < 4.78 is 26.6. The highest BCUT2D eigenvalue weighted by molar-refractivity contribution is 7.18. The van der Waals surface area contributed by atoms with Crippen molar-refractivity contribution in [2.45, 2.75) is 0 Å². The van der Waals surface area contributed by atoms with E-state index >= 15 is 0 Å². The lowest BCUT2D eigenvalue weighted by Crippen LogP contribution is -2.07. The topological polar surface area (TPSA) is 101 Å². The van der Waals surface area contributed by atoms with Crippen LogP contribution in [-0.2, 0) is 4.79 Å². The van der Waals surface area contributed by atoms with Crippen molar-refractivity contribution in [3.05, 3.63) is 42.0 Å². The number of methoxy groups -OCH3 is 5. The molecule has 0 fully saturated rings. The van der Waals surface area contributed by atoms with E-state index in [1.54, 1.807) is 44.6 Å². The highest BCUT2D eigenvalue weighted by atomic mass is 32.1. The largest absolute Gasteiger partial charge is 0.497 e. The van der Waals surface area contributed by atoms with Crippen LogP contribution < -0.4 is 29.0 Å². The summed E-state index contributed by atoms with van der Waals surface area (Å²) in [6, 6.07) is 8.87. The molecule has 0 spiro atoms. The van der Waals surface area contributed by atoms with Crippen LogP contribution in [0.15, 0.2) is 36.4 Å². The van der Waals surface area contributed by atoms with E-state index in [-0.39, 0.29) is 5.91 Å². The molecule has 0 bridgehead atoms. The van der Waals surface area contributed by atoms with Gasteiger partial charge < -0.3 is 23.7 Å². The van der Waals surface area contributed by atoms with Crippen molar-refractivity contribution in [1.29, 1.82) is 0 Å². The number of ether oxygens (including phenoxy) is 5. The van der Waals surface area contributed by atoms with Crippen LogP contribution in [0.5, 0.6) is 28.7 Å². The maximum Gasteiger partial charge on any atom is 0.250 e. The van der Waals surface area contributed by atoms with Crippen molar-refractivity contribution in [2.24, 2.45) is 0 Å². The second-order valence-electron chi connectivity index (χ2n) is 6.26. The summed E-state index contributed by atoms with van der Waals surface area (Å²) in [7, 11) is 7.74. The van der Waals surface area contributed by atoms with Crippen molar-refractivity contribution >= 4 is 28.5 Å². The summed E-state index contributed by atoms with van der Waals surface area (Å²) >= 11 is 1.23. The van der Waals surface area contributed by atoms with Crippen molar-refractivity contribution in [2.75, 3.05) is 40.9 Å². The van der Waals surface area contributed by atoms with E-state index in [1.807, 2.05) is 6.07 Å². The molecular weight excluding hydrogens is 434 g/mol. The maximum atomic E-state index is 12.4. The fourth-order valence-corrected chi connectivity index (χ4v) is 3.65. The molecule has 0 unspecified atom stereocenters. The molecule has 9 nitrogen and oxygen atoms in total. The standard InChI is InChI=1S/C22H23N3O6S/c1-27-14-7-8-15(16(12-14)28-2)21-24-25-22(32-21)23-19(26)9-6-13-10-17(29-3)20(31-5)18(11-13)30-4/h6-12H,1-5H3,(H,23,25,26)/b9-6+. The number of nitrogens with zero attached hydrogens (tertiary/aromatic N) is 2. The fourth-order valence-electron chi connectivity index (χ4n) is 2.87. The Labute approximate surface area is 189 Å². The SMILES string of the molecule is COc1ccc(-c2nnc(NC(=O)/C=C/c3cc(OC)c(OC)c(OC)c3)s2)c(OC)c1. The van der Waals surface area contributed by atoms with Gasteiger partial charge in [0.1, 0.15) is 11.5 Å². The van der Waals surface area contributed by atoms with Gasteiger partial charge >= 0.3 is 0 Å². The highest BCUT2D eigenvalue weighted by Crippen LogP contribution is 2.39. The number of carbonyl (C=O) groups excluding carboxylic acids is 1. The lowest BCUT2D eigenvalue weighted by molar-refractivity contribution is -0.111. The summed E-state index contributed by atoms with van der Waals surface area (Å²) in [5.74, 6) is 2.37. The number of carbonyl (C=O) groups is 1. The number of rotatable bonds is 9. The molecule has 0 atom stereocenters. The third-order valence-corrected chi connectivity index (χ3v) is 5.28. The van der Waals surface area contributed by atoms with Gasteiger partial charge in [-0.1, -0.05) is 11.3 Å². The Morgan fingerprint density at radius 3 is 2.16 bits per heavy atom. The second-order valence-corrected chi connectivity index (χ2v) is 7.24. The summed E-state index contributed by atoms with van der Waals surface area (Å²) in [5.41, 5.74) is 1.45. The van der Waals surface area contributed by atoms with Gasteiger partial charge in [0.25, 0.3) is 0 Å². The van der Waals surface area contributed by atoms with Crippen LogP contribution in [0.4, 0.5) is 5.13 Å². The Balaban J connectivity index is 1.74. The lowest BCUT2D eigenvalue weighted by atomic mass is 10.1. The molecule has 0 aliphatic heterocycles. The average molecular weight is 458 g/mol. The van der Waals surface area contributed by atoms with Gasteiger partial charge in [-0.05, 0) is 35.9 Å². The summed E-state index contributed by atoms with van der Waals surface area (Å²) in [6.45, 7) is 0. The van der Waals surface area contributed by atoms with Gasteiger partial charge in [-0.15, -0.1) is 10.2 Å². The van der Waals surface area contributed by atoms with Crippen molar-refractivity contribution < 1.29 is 28.5 Å². The molecule has 32 heavy (non-hydrogen) atoms. The molecule has 0 aliphatic rings. The molecule has 1 amide bonds. The number of aromatic nitrogens is 2. The van der Waals surface area contributed by atoms with Gasteiger partial charge in [-0.2, -0.15) is 0 Å². The van der Waals surface area contributed by atoms with Gasteiger partial charge in [0, 0.05) is 12.1 Å². The van der Waals surface area contributed by atoms with Gasteiger partial charge in [0.05, 0.1) is 41.1 Å². The van der Waals surface area contributed by atoms with E-state index in [4.69, 9.17) is 23.7 Å². The summed E-state index contributed by atoms with van der Waals surface area (Å²) in [5, 5.41) is 11.9. The van der Waals surface area contributed by atoms with Gasteiger partial charge in [-0.3, -0.25) is 10.1 Å². The molecule has 3 aromatic rings. The quantitative estimate of drug-likeness (QED) is 0.483. The number of hydrogen-bond acceptors (Lipinski definition) is 9. The zero-order chi connectivity index (χ0) is 23.1. The Bertz CT molecular complexity index is 1100. The van der Waals surface area contributed by atoms with Crippen LogP contribution in [-0.4, -0.2) is 51.7 Å². The second kappa shape index (κ2) is 10.5. The predicted molar refractivity (Wildman–Crippen MR) is 122 cm³/mol. The number of hydrogen-bond donors (Lipinski definition) is 1. The van der Waals surface area contributed by atoms with Gasteiger partial charge in [-0.25, -0.2) is 0 Å². The van der Waals surface area contributed by atoms with Crippen molar-refractivity contribution in [3.8, 4) is 39.3 Å². The Morgan fingerprint density at radius 2 is 1.56 bits per heavy atom. The zero-order valence-corrected chi connectivity index (χ0v) is 19.1. The van der Waals surface area contributed by atoms with E-state index in [0.29, 0.717) is 44.5 Å². The molecular formula is C22H23N3O6S. The first kappa shape index (κ1) is 22.9. The molecule has 1 heterocycles. The minimum Gasteiger partial charge on any atom is -0.497 e. The number of anilines is 1. The van der Waals surface area contributed by atoms with E-state index in [0.717, 1.165) is 5.56 Å². The molecule has 10 heteroatoms. The molecule has 2 aromatic carbocycles. The summed E-state index contributed by atoms with van der Waals surface area (Å²) in [4.78, 5) is 12.4. The minimum absolute atomic E-state index is 0.358. The Kier molecular flexibility index (Phi) is 7.50. The first-order chi connectivity index (χ1) is 15.5. The zero-order valence-electron chi connectivity index (χ0n) is 18.3. The molecule has 0 saturated heterocycles. The van der Waals surface area contributed by atoms with Crippen molar-refractivity contribution in [3.63, 3.8) is 0 Å². The van der Waals surface area contributed by atoms with Gasteiger partial charge in [0.15, 0.2) is 16.5 Å². The minimum atomic E-state index is -0.358. The van der Waals surface area contributed by atoms with Crippen LogP contribution in [0.3, 0.4) is 0 Å². The third kappa shape index (κ3) is 5.09. The van der Waals surface area contributed by atoms with E-state index in [1.165, 1.54) is 38.7 Å². The fraction of sp³-hybridized carbons (Fsp3) is 0.227. The summed E-state index contributed by atoms with van der Waals surface area (Å²) in [6.07, 6.45) is 3.02. The first-order valence-electron chi connectivity index (χ1n) is 9.37. The van der Waals surface area contributed by atoms with Crippen LogP contribution in [0.2, 0.25) is 0 Å². The molecule has 168 valence electrons. The van der Waals surface area contributed by atoms with Crippen LogP contribution >= 0.6 is 11.3 Å². The number of benzene rings is 2. The van der Waals surface area contributed by atoms with E-state index < -0.39 is 0 Å². The van der Waals surface area contributed by atoms with Crippen molar-refractivity contribution in [1.82, 2.24) is 10.2 Å². The number of amides is 1. The first-order valence-corrected chi connectivity index (χ1v) is 10.2. The molecule has 0 saturated carbocycles. The van der Waals surface area contributed by atoms with Crippen LogP contribution in [0.1, 0.15) is 5.56 Å². The normalized spacial score (nSPS) is 10.7. The predicted octanol–water partition coefficient (Wildman–Crippen LogP) is 3.90. The Hall–Kier alpha value is -3.79. The monoisotopic (exact) mass is 457 g/mol. The molecule has 1 aromatic heterocycles. The maximum absolute atomic E-state index is 12.4. The molecule has 0 aliphatic carbocycles. The van der Waals surface area contributed by atoms with Gasteiger partial charge in [0.2, 0.25) is 16.8 Å². The number of nitrogens with one attached hydrogen (secondary N) is 1. The van der Waals surface area contributed by atoms with E-state index in [2.05, 4.69) is 15.5 Å². The van der Waals surface area contributed by atoms with Crippen LogP contribution in [0.25, 0.3) is 16.6 Å². The smallest absolute Gasteiger partial charge is 0.250 e. The molecule has 0 radical (unpaired) electrons. The molecule has 3 rings (SSSR count).